The van der Waals surface area contributed by atoms with Gasteiger partial charge < -0.3 is 15.3 Å². The summed E-state index contributed by atoms with van der Waals surface area (Å²) < 4.78 is 0. The third-order valence-corrected chi connectivity index (χ3v) is 20.5. The maximum absolute atomic E-state index is 13.4. The number of hydrogen-bond acceptors (Lipinski definition) is 4. The quantitative estimate of drug-likeness (QED) is 0.192. The molecule has 8 rings (SSSR count). The molecule has 0 bridgehead atoms. The molecule has 58 heavy (non-hydrogen) atoms. The van der Waals surface area contributed by atoms with E-state index in [1.165, 1.54) is 107 Å². The summed E-state index contributed by atoms with van der Waals surface area (Å²) >= 11 is 0. The van der Waals surface area contributed by atoms with Gasteiger partial charge in [-0.15, -0.1) is 0 Å². The zero-order valence-electron chi connectivity index (χ0n) is 39.2. The molecule has 4 heteroatoms. The number of rotatable bonds is 10. The maximum atomic E-state index is 13.4. The van der Waals surface area contributed by atoms with Crippen LogP contribution in [0.2, 0.25) is 0 Å². The van der Waals surface area contributed by atoms with Gasteiger partial charge in [-0.3, -0.25) is 4.79 Å². The Morgan fingerprint density at radius 2 is 1.17 bits per heavy atom. The molecule has 0 saturated heterocycles. The van der Waals surface area contributed by atoms with E-state index in [1.54, 1.807) is 0 Å². The van der Waals surface area contributed by atoms with E-state index in [2.05, 4.69) is 75.3 Å². The Balaban J connectivity index is 0.000000177. The van der Waals surface area contributed by atoms with Crippen molar-refractivity contribution in [1.29, 1.82) is 0 Å². The molecule has 6 fully saturated rings. The van der Waals surface area contributed by atoms with Crippen LogP contribution in [0, 0.1) is 92.7 Å². The van der Waals surface area contributed by atoms with Gasteiger partial charge in [0.1, 0.15) is 0 Å². The second-order valence-electron chi connectivity index (χ2n) is 24.4. The van der Waals surface area contributed by atoms with Gasteiger partial charge in [0.05, 0.1) is 18.3 Å². The smallest absolute Gasteiger partial charge is 0.159 e. The molecule has 0 aliphatic heterocycles. The molecular formula is C54H90O4. The van der Waals surface area contributed by atoms with Gasteiger partial charge in [-0.05, 0) is 171 Å². The van der Waals surface area contributed by atoms with Crippen molar-refractivity contribution in [3.8, 4) is 0 Å². The number of allylic oxidation sites excluding steroid dienone is 2. The van der Waals surface area contributed by atoms with E-state index in [4.69, 9.17) is 0 Å². The number of carbonyl (C=O) groups excluding carboxylic acids is 1. The summed E-state index contributed by atoms with van der Waals surface area (Å²) in [5, 5.41) is 31.5. The number of aliphatic hydroxyl groups is 3. The average Bonchev–Trinajstić information content (AvgIpc) is 3.70. The lowest BCUT2D eigenvalue weighted by Crippen LogP contribution is -2.55. The van der Waals surface area contributed by atoms with Crippen LogP contribution in [-0.4, -0.2) is 39.4 Å². The highest BCUT2D eigenvalue weighted by Gasteiger charge is 2.63. The fourth-order valence-electron chi connectivity index (χ4n) is 17.1. The molecule has 0 amide bonds. The van der Waals surface area contributed by atoms with Crippen molar-refractivity contribution in [3.05, 3.63) is 23.3 Å². The van der Waals surface area contributed by atoms with Crippen molar-refractivity contribution >= 4 is 5.78 Å². The lowest BCUT2D eigenvalue weighted by atomic mass is 9.46. The van der Waals surface area contributed by atoms with Crippen LogP contribution in [0.25, 0.3) is 0 Å². The first-order chi connectivity index (χ1) is 27.3. The molecule has 0 aromatic rings. The summed E-state index contributed by atoms with van der Waals surface area (Å²) in [6.07, 6.45) is 27.4. The largest absolute Gasteiger partial charge is 0.393 e. The van der Waals surface area contributed by atoms with Crippen molar-refractivity contribution in [2.75, 3.05) is 0 Å². The van der Waals surface area contributed by atoms with Crippen molar-refractivity contribution in [3.63, 3.8) is 0 Å². The summed E-state index contributed by atoms with van der Waals surface area (Å²) in [6, 6.07) is 0. The molecule has 8 aliphatic rings. The molecule has 0 heterocycles. The number of ketones is 1. The molecule has 1 unspecified atom stereocenters. The Morgan fingerprint density at radius 1 is 0.621 bits per heavy atom. The molecule has 0 spiro atoms. The van der Waals surface area contributed by atoms with E-state index in [9.17, 15) is 20.1 Å². The maximum Gasteiger partial charge on any atom is 0.159 e. The lowest BCUT2D eigenvalue weighted by molar-refractivity contribution is -0.135. The van der Waals surface area contributed by atoms with Crippen molar-refractivity contribution in [1.82, 2.24) is 0 Å². The molecule has 0 radical (unpaired) electrons. The van der Waals surface area contributed by atoms with Gasteiger partial charge in [0.2, 0.25) is 0 Å². The molecule has 17 atom stereocenters. The summed E-state index contributed by atoms with van der Waals surface area (Å²) in [6.45, 7) is 24.3. The van der Waals surface area contributed by atoms with Crippen LogP contribution in [0.4, 0.5) is 0 Å². The summed E-state index contributed by atoms with van der Waals surface area (Å²) in [7, 11) is 0. The fraction of sp³-hybridized carbons (Fsp3) is 0.907. The number of carbonyl (C=O) groups is 1. The molecule has 330 valence electrons. The molecule has 8 aliphatic carbocycles. The third kappa shape index (κ3) is 7.96. The van der Waals surface area contributed by atoms with Gasteiger partial charge in [0, 0.05) is 17.8 Å². The van der Waals surface area contributed by atoms with Gasteiger partial charge in [-0.1, -0.05) is 125 Å². The van der Waals surface area contributed by atoms with E-state index in [0.29, 0.717) is 40.8 Å². The highest BCUT2D eigenvalue weighted by molar-refractivity contribution is 5.94. The van der Waals surface area contributed by atoms with Crippen molar-refractivity contribution in [2.24, 2.45) is 92.7 Å². The monoisotopic (exact) mass is 803 g/mol. The Hall–Kier alpha value is -0.970. The van der Waals surface area contributed by atoms with Gasteiger partial charge in [-0.2, -0.15) is 0 Å². The van der Waals surface area contributed by atoms with E-state index in [0.717, 1.165) is 73.0 Å². The van der Waals surface area contributed by atoms with Gasteiger partial charge in [0.25, 0.3) is 0 Å². The van der Waals surface area contributed by atoms with Gasteiger partial charge >= 0.3 is 0 Å². The second-order valence-corrected chi connectivity index (χ2v) is 24.4. The van der Waals surface area contributed by atoms with Gasteiger partial charge in [0.15, 0.2) is 5.78 Å². The molecular weight excluding hydrogens is 713 g/mol. The fourth-order valence-corrected chi connectivity index (χ4v) is 17.1. The number of fused-ring (bicyclic) bond motifs is 10. The van der Waals surface area contributed by atoms with E-state index >= 15 is 0 Å². The molecule has 4 nitrogen and oxygen atoms in total. The highest BCUT2D eigenvalue weighted by atomic mass is 16.3. The summed E-state index contributed by atoms with van der Waals surface area (Å²) in [5.74, 6) is 8.85. The minimum Gasteiger partial charge on any atom is -0.393 e. The Morgan fingerprint density at radius 3 is 1.78 bits per heavy atom. The van der Waals surface area contributed by atoms with Crippen LogP contribution in [-0.2, 0) is 4.79 Å². The minimum atomic E-state index is -0.373. The first kappa shape index (κ1) is 45.1. The zero-order valence-corrected chi connectivity index (χ0v) is 39.2. The van der Waals surface area contributed by atoms with Crippen LogP contribution in [0.5, 0.6) is 0 Å². The summed E-state index contributed by atoms with van der Waals surface area (Å²) in [4.78, 5) is 13.4. The second kappa shape index (κ2) is 17.3. The van der Waals surface area contributed by atoms with E-state index < -0.39 is 0 Å². The first-order valence-electron chi connectivity index (χ1n) is 25.3. The molecule has 6 saturated carbocycles. The van der Waals surface area contributed by atoms with Crippen LogP contribution in [0.1, 0.15) is 198 Å². The lowest BCUT2D eigenvalue weighted by Gasteiger charge is -2.59. The van der Waals surface area contributed by atoms with Crippen LogP contribution in [0.3, 0.4) is 0 Å². The summed E-state index contributed by atoms with van der Waals surface area (Å²) in [5.41, 5.74) is 3.54. The van der Waals surface area contributed by atoms with E-state index in [1.807, 2.05) is 6.08 Å². The van der Waals surface area contributed by atoms with Crippen LogP contribution in [0.15, 0.2) is 23.3 Å². The highest BCUT2D eigenvalue weighted by Crippen LogP contribution is 2.69. The van der Waals surface area contributed by atoms with Crippen LogP contribution >= 0.6 is 0 Å². The number of hydrogen-bond donors (Lipinski definition) is 3. The average molecular weight is 803 g/mol. The van der Waals surface area contributed by atoms with Crippen molar-refractivity contribution in [2.45, 2.75) is 216 Å². The minimum absolute atomic E-state index is 0.0928. The number of aliphatic hydroxyl groups excluding tert-OH is 3. The first-order valence-corrected chi connectivity index (χ1v) is 25.3. The van der Waals surface area contributed by atoms with E-state index in [-0.39, 0.29) is 35.1 Å². The Labute approximate surface area is 356 Å². The molecule has 3 N–H and O–H groups in total. The SMILES string of the molecule is CC(C)CCC[C@@H](C)[C@H]1CC[C@H]2[C@@H]3C(=O)C=C4C[C@@H](O)CC[C@]4(C)[C@H]3CC[C@]12C.CC(C)CCC[C@@H](C)[C@H]1CC[C@H]2[C@@H]3CC=C4C[C@@H](O)CC(O)[C@]4(C)[C@H]3CC[C@]12C. The Kier molecular flexibility index (Phi) is 13.4. The predicted octanol–water partition coefficient (Wildman–Crippen LogP) is 12.9. The topological polar surface area (TPSA) is 77.8 Å². The molecule has 0 aromatic carbocycles. The van der Waals surface area contributed by atoms with Crippen molar-refractivity contribution < 1.29 is 20.1 Å². The van der Waals surface area contributed by atoms with Crippen LogP contribution < -0.4 is 0 Å². The predicted molar refractivity (Wildman–Crippen MR) is 240 cm³/mol. The normalized spacial score (nSPS) is 46.7. The standard InChI is InChI=1S/C27H44O2.C27H46O2/c1-17(2)7-6-8-18(3)21-9-10-22-25-23(12-14-27(21,22)5)26(4)13-11-20(28)15-19(26)16-24(25)29;1-17(2)7-6-8-18(3)22-11-12-23-21-10-9-19-15-20(28)16-25(29)27(19,5)24(21)13-14-26(22,23)4/h16-18,20-23,25,28H,6-15H2,1-5H3;9,17-18,20-25,28-29H,6-8,10-16H2,1-5H3/t18-,20+,21-,22+,23+,25+,26+,27-;18-,20-,21+,22-,23+,24+,25?,26-,27+/m11/s1. The van der Waals surface area contributed by atoms with Gasteiger partial charge in [-0.25, -0.2) is 0 Å². The molecule has 0 aromatic heterocycles. The third-order valence-electron chi connectivity index (χ3n) is 20.5. The zero-order chi connectivity index (χ0) is 41.9. The Bertz CT molecular complexity index is 1510.